The molecule has 29 heavy (non-hydrogen) atoms. The first-order valence-electron chi connectivity index (χ1n) is 7.41. The third-order valence-electron chi connectivity index (χ3n) is 0.540. The second-order valence-corrected chi connectivity index (χ2v) is 4.99. The Balaban J connectivity index is -0.0000000575. The summed E-state index contributed by atoms with van der Waals surface area (Å²) in [7, 11) is 0. The van der Waals surface area contributed by atoms with Gasteiger partial charge in [0, 0.05) is 27.7 Å². The van der Waals surface area contributed by atoms with Gasteiger partial charge in [0.2, 0.25) is 0 Å². The van der Waals surface area contributed by atoms with E-state index in [1.165, 1.54) is 13.8 Å². The third kappa shape index (κ3) is 674. The molecule has 0 spiro atoms. The van der Waals surface area contributed by atoms with Crippen molar-refractivity contribution in [1.29, 1.82) is 0 Å². The molecule has 0 aromatic heterocycles. The molecule has 0 aliphatic rings. The van der Waals surface area contributed by atoms with Crippen LogP contribution < -0.4 is 22.9 Å². The van der Waals surface area contributed by atoms with Crippen LogP contribution >= 0.6 is 0 Å². The molecule has 15 nitrogen and oxygen atoms in total. The van der Waals surface area contributed by atoms with Gasteiger partial charge in [-0.3, -0.25) is 42.1 Å². The van der Waals surface area contributed by atoms with Crippen LogP contribution in [0.5, 0.6) is 0 Å². The maximum atomic E-state index is 9.00. The first-order chi connectivity index (χ1) is 12.5. The van der Waals surface area contributed by atoms with Crippen molar-refractivity contribution in [2.75, 3.05) is 13.2 Å². The van der Waals surface area contributed by atoms with Gasteiger partial charge in [0.05, 0.1) is 13.2 Å². The normalized spacial score (nSPS) is 8.83. The molecule has 0 aliphatic carbocycles. The lowest BCUT2D eigenvalue weighted by molar-refractivity contribution is -0.135. The Labute approximate surface area is 168 Å². The van der Waals surface area contributed by atoms with Gasteiger partial charge in [-0.25, -0.2) is 0 Å². The summed E-state index contributed by atoms with van der Waals surface area (Å²) in [5, 5.41) is 44.9. The predicted octanol–water partition coefficient (Wildman–Crippen LogP) is -2.48. The zero-order valence-corrected chi connectivity index (χ0v) is 17.4. The summed E-state index contributed by atoms with van der Waals surface area (Å²) in [4.78, 5) is 36.0. The van der Waals surface area contributed by atoms with E-state index in [0.29, 0.717) is 0 Å². The molecule has 0 fully saturated rings. The molecule has 14 N–H and O–H groups in total. The van der Waals surface area contributed by atoms with E-state index in [2.05, 4.69) is 0 Å². The molecular weight excluding hydrogens is 400 g/mol. The van der Waals surface area contributed by atoms with Crippen LogP contribution in [0.3, 0.4) is 0 Å². The molecule has 0 aromatic carbocycles. The van der Waals surface area contributed by atoms with E-state index in [-0.39, 0.29) is 13.2 Å². The molecule has 0 saturated carbocycles. The minimum absolute atomic E-state index is 0.125. The molecule has 0 bridgehead atoms. The highest BCUT2D eigenvalue weighted by Crippen LogP contribution is 1.99. The minimum Gasteiger partial charge on any atom is -0.481 e. The topological polar surface area (TPSA) is 303 Å². The number of carboxylic acids is 4. The molecule has 0 aromatic rings. The van der Waals surface area contributed by atoms with Crippen LogP contribution in [0, 0.1) is 0 Å². The van der Waals surface area contributed by atoms with Crippen molar-refractivity contribution in [2.24, 2.45) is 22.9 Å². The summed E-state index contributed by atoms with van der Waals surface area (Å²) in [6.07, 6.45) is 0. The van der Waals surface area contributed by atoms with E-state index in [4.69, 9.17) is 77.5 Å². The second kappa shape index (κ2) is 25.6. The Morgan fingerprint density at radius 1 is 0.621 bits per heavy atom. The molecule has 0 unspecified atom stereocenters. The number of aliphatic hydroxyl groups is 2. The minimum atomic E-state index is -1.27. The number of carboxylic acid groups (broad SMARTS) is 4. The fraction of sp³-hybridized carbons (Fsp3) is 0.714. The standard InChI is InChI=1S/C4H14N4O.4C2H4O2.C2H6O2/c1-3(5,6)9-4(2,7)8;4*1-2(3)4;3-1-2-4/h5-8H2,1-2H3;4*1H3,(H,3,4);3-4H,1-2H2. The molecule has 0 amide bonds. The summed E-state index contributed by atoms with van der Waals surface area (Å²) < 4.78 is 4.74. The van der Waals surface area contributed by atoms with E-state index >= 15 is 0 Å². The first kappa shape index (κ1) is 41.1. The van der Waals surface area contributed by atoms with E-state index < -0.39 is 35.6 Å². The monoisotopic (exact) mass is 436 g/mol. The fourth-order valence-corrected chi connectivity index (χ4v) is 0.474. The molecule has 15 heteroatoms. The maximum absolute atomic E-state index is 9.00. The van der Waals surface area contributed by atoms with E-state index in [9.17, 15) is 0 Å². The summed E-state index contributed by atoms with van der Waals surface area (Å²) in [6, 6.07) is 0. The molecule has 0 radical (unpaired) electrons. The Morgan fingerprint density at radius 3 is 0.724 bits per heavy atom. The number of rotatable bonds is 3. The van der Waals surface area contributed by atoms with E-state index in [1.54, 1.807) is 0 Å². The molecule has 0 saturated heterocycles. The highest BCUT2D eigenvalue weighted by molar-refractivity contribution is 5.63. The van der Waals surface area contributed by atoms with Crippen LogP contribution in [-0.2, 0) is 23.9 Å². The lowest BCUT2D eigenvalue weighted by Gasteiger charge is -2.28. The average Bonchev–Trinajstić information content (AvgIpc) is 2.31. The van der Waals surface area contributed by atoms with Crippen LogP contribution in [0.15, 0.2) is 0 Å². The number of aliphatic carboxylic acids is 4. The third-order valence-corrected chi connectivity index (χ3v) is 0.540. The zero-order chi connectivity index (χ0) is 25.4. The van der Waals surface area contributed by atoms with Gasteiger partial charge >= 0.3 is 0 Å². The van der Waals surface area contributed by atoms with Gasteiger partial charge in [-0.1, -0.05) is 0 Å². The molecule has 0 rings (SSSR count). The number of nitrogens with two attached hydrogens (primary N) is 4. The second-order valence-electron chi connectivity index (χ2n) is 4.99. The van der Waals surface area contributed by atoms with Gasteiger partial charge in [0.25, 0.3) is 23.9 Å². The number of carbonyl (C=O) groups is 4. The summed E-state index contributed by atoms with van der Waals surface area (Å²) in [6.45, 7) is 7.01. The van der Waals surface area contributed by atoms with Crippen molar-refractivity contribution in [3.8, 4) is 0 Å². The number of ether oxygens (including phenoxy) is 1. The van der Waals surface area contributed by atoms with Crippen molar-refractivity contribution >= 4 is 23.9 Å². The first-order valence-corrected chi connectivity index (χ1v) is 7.41. The maximum Gasteiger partial charge on any atom is 0.300 e. The van der Waals surface area contributed by atoms with Crippen molar-refractivity contribution in [1.82, 2.24) is 0 Å². The SMILES string of the molecule is CC(=O)O.CC(=O)O.CC(=O)O.CC(=O)O.CC(N)(N)OC(C)(N)N.OCCO. The van der Waals surface area contributed by atoms with Gasteiger partial charge in [0.15, 0.2) is 11.7 Å². The average molecular weight is 436 g/mol. The predicted molar refractivity (Wildman–Crippen MR) is 102 cm³/mol. The van der Waals surface area contributed by atoms with E-state index in [0.717, 1.165) is 27.7 Å². The van der Waals surface area contributed by atoms with E-state index in [1.807, 2.05) is 0 Å². The molecule has 0 heterocycles. The Morgan fingerprint density at radius 2 is 0.724 bits per heavy atom. The largest absolute Gasteiger partial charge is 0.481 e. The Hall–Kier alpha value is -2.40. The lowest BCUT2D eigenvalue weighted by atomic mass is 10.4. The van der Waals surface area contributed by atoms with Crippen molar-refractivity contribution < 1.29 is 54.6 Å². The zero-order valence-electron chi connectivity index (χ0n) is 17.4. The summed E-state index contributed by atoms with van der Waals surface area (Å²) in [5.41, 5.74) is 20.9. The van der Waals surface area contributed by atoms with Crippen LogP contribution in [-0.4, -0.2) is 79.4 Å². The Kier molecular flexibility index (Phi) is 36.3. The number of aliphatic hydroxyl groups excluding tert-OH is 2. The van der Waals surface area contributed by atoms with Crippen LogP contribution in [0.4, 0.5) is 0 Å². The summed E-state index contributed by atoms with van der Waals surface area (Å²) in [5.74, 6) is -5.86. The number of hydrogen-bond acceptors (Lipinski definition) is 11. The lowest BCUT2D eigenvalue weighted by Crippen LogP contribution is -2.61. The van der Waals surface area contributed by atoms with Crippen LogP contribution in [0.2, 0.25) is 0 Å². The van der Waals surface area contributed by atoms with Gasteiger partial charge in [0.1, 0.15) is 0 Å². The molecule has 0 atom stereocenters. The van der Waals surface area contributed by atoms with Crippen LogP contribution in [0.25, 0.3) is 0 Å². The van der Waals surface area contributed by atoms with Crippen molar-refractivity contribution in [2.45, 2.75) is 53.2 Å². The quantitative estimate of drug-likeness (QED) is 0.205. The highest BCUT2D eigenvalue weighted by Gasteiger charge is 2.22. The van der Waals surface area contributed by atoms with Gasteiger partial charge in [-0.15, -0.1) is 0 Å². The highest BCUT2D eigenvalue weighted by atomic mass is 16.6. The molecule has 178 valence electrons. The fourth-order valence-electron chi connectivity index (χ4n) is 0.474. The number of hydrogen-bond donors (Lipinski definition) is 10. The van der Waals surface area contributed by atoms with Crippen molar-refractivity contribution in [3.63, 3.8) is 0 Å². The smallest absolute Gasteiger partial charge is 0.300 e. The summed E-state index contributed by atoms with van der Waals surface area (Å²) >= 11 is 0. The van der Waals surface area contributed by atoms with Gasteiger partial charge < -0.3 is 35.4 Å². The molecular formula is C14H36N4O11. The van der Waals surface area contributed by atoms with Gasteiger partial charge in [-0.2, -0.15) is 0 Å². The molecule has 0 aliphatic heterocycles. The Bertz CT molecular complexity index is 341. The van der Waals surface area contributed by atoms with Crippen molar-refractivity contribution in [3.05, 3.63) is 0 Å². The van der Waals surface area contributed by atoms with Crippen LogP contribution in [0.1, 0.15) is 41.5 Å². The van der Waals surface area contributed by atoms with Gasteiger partial charge in [-0.05, 0) is 13.8 Å².